The van der Waals surface area contributed by atoms with Crippen molar-refractivity contribution in [2.75, 3.05) is 0 Å². The zero-order valence-corrected chi connectivity index (χ0v) is 68.6. The first-order valence-electron chi connectivity index (χ1n) is 42.2. The molecule has 23 aromatic carbocycles. The van der Waals surface area contributed by atoms with Crippen molar-refractivity contribution in [3.8, 4) is 89.0 Å². The first-order valence-corrected chi connectivity index (χ1v) is 43.9. The largest absolute Gasteiger partial charge is 0.456 e. The Labute approximate surface area is 718 Å². The van der Waals surface area contributed by atoms with E-state index in [-0.39, 0.29) is 0 Å². The number of rotatable bonds is 8. The van der Waals surface area contributed by atoms with Gasteiger partial charge in [0.05, 0.1) is 0 Å². The smallest absolute Gasteiger partial charge is 0.136 e. The molecular formula is C120H74OS2. The molecule has 0 unspecified atom stereocenters. The Hall–Kier alpha value is -15.4. The van der Waals surface area contributed by atoms with Crippen molar-refractivity contribution in [2.24, 2.45) is 0 Å². The predicted molar refractivity (Wildman–Crippen MR) is 533 cm³/mol. The summed E-state index contributed by atoms with van der Waals surface area (Å²) in [7, 11) is 0. The van der Waals surface area contributed by atoms with Gasteiger partial charge in [-0.1, -0.05) is 394 Å². The molecule has 0 amide bonds. The Morgan fingerprint density at radius 1 is 0.138 bits per heavy atom. The molecule has 3 aromatic heterocycles. The van der Waals surface area contributed by atoms with Gasteiger partial charge in [-0.05, 0) is 229 Å². The molecule has 572 valence electrons. The van der Waals surface area contributed by atoms with Crippen LogP contribution in [0.3, 0.4) is 0 Å². The van der Waals surface area contributed by atoms with Crippen LogP contribution < -0.4 is 0 Å². The summed E-state index contributed by atoms with van der Waals surface area (Å²) in [6.07, 6.45) is 0. The average Bonchev–Trinajstić information content (AvgIpc) is 1.58. The normalized spacial score (nSPS) is 11.7. The van der Waals surface area contributed by atoms with E-state index in [1.807, 2.05) is 22.7 Å². The van der Waals surface area contributed by atoms with Crippen molar-refractivity contribution in [1.29, 1.82) is 0 Å². The second-order valence-corrected chi connectivity index (χ2v) is 34.3. The third-order valence-electron chi connectivity index (χ3n) is 25.3. The van der Waals surface area contributed by atoms with Gasteiger partial charge in [0, 0.05) is 62.2 Å². The predicted octanol–water partition coefficient (Wildman–Crippen LogP) is 35.4. The lowest BCUT2D eigenvalue weighted by Gasteiger charge is -2.18. The Balaban J connectivity index is 0.000000104. The topological polar surface area (TPSA) is 13.1 Å². The molecule has 0 spiro atoms. The van der Waals surface area contributed by atoms with Gasteiger partial charge in [-0.3, -0.25) is 0 Å². The number of hydrogen-bond donors (Lipinski definition) is 0. The highest BCUT2D eigenvalue weighted by atomic mass is 32.1. The van der Waals surface area contributed by atoms with Crippen LogP contribution in [0, 0.1) is 0 Å². The zero-order chi connectivity index (χ0) is 81.0. The summed E-state index contributed by atoms with van der Waals surface area (Å²) < 4.78 is 11.8. The molecule has 3 heterocycles. The molecule has 0 bridgehead atoms. The van der Waals surface area contributed by atoms with E-state index in [9.17, 15) is 0 Å². The lowest BCUT2D eigenvalue weighted by Crippen LogP contribution is -1.91. The molecule has 0 saturated heterocycles. The number of fused-ring (bicyclic) bond motifs is 18. The van der Waals surface area contributed by atoms with E-state index in [0.717, 1.165) is 21.9 Å². The van der Waals surface area contributed by atoms with Crippen molar-refractivity contribution in [2.45, 2.75) is 0 Å². The standard InChI is InChI=1S/2C42H26S.C36H22O/c1-2-12-28-25-30(24-23-27(28)11-1)29-13-9-14-31(26-29)40-33-16-3-5-18-35(33)41(36-19-6-4-17-34(36)40)38-21-10-20-37-32-15-7-8-22-39(32)43-42(37)38;1-2-11-30-26-31(25-22-27(30)10-1)28-20-23-29(24-21-28)40-33-13-3-5-15-35(33)41(36-16-6-4-14-34(36)40)38-18-9-17-37-32-12-7-8-19-39(32)43-42(37)38;1-2-10-23(11-3-1)35-28-14-6-8-16-30(28)36(31-17-9-7-15-29(31)35)26-18-19-27-32-20-24-12-4-5-13-25(24)21-34(32)37-33(27)22-26/h2*1-26H;1-22H. The summed E-state index contributed by atoms with van der Waals surface area (Å²) >= 11 is 3.80. The van der Waals surface area contributed by atoms with Crippen LogP contribution in [-0.2, 0) is 0 Å². The van der Waals surface area contributed by atoms with E-state index in [4.69, 9.17) is 4.42 Å². The number of benzene rings is 23. The van der Waals surface area contributed by atoms with E-state index >= 15 is 0 Å². The van der Waals surface area contributed by atoms with Gasteiger partial charge in [-0.15, -0.1) is 22.7 Å². The zero-order valence-electron chi connectivity index (χ0n) is 66.9. The average molecular weight is 1600 g/mol. The molecule has 123 heavy (non-hydrogen) atoms. The minimum atomic E-state index is 0.920. The van der Waals surface area contributed by atoms with Crippen molar-refractivity contribution >= 4 is 182 Å². The quantitative estimate of drug-likeness (QED) is 0.138. The minimum absolute atomic E-state index is 0.920. The van der Waals surface area contributed by atoms with Gasteiger partial charge in [0.1, 0.15) is 11.2 Å². The van der Waals surface area contributed by atoms with Gasteiger partial charge in [0.25, 0.3) is 0 Å². The molecule has 26 rings (SSSR count). The molecule has 26 aromatic rings. The Morgan fingerprint density at radius 2 is 0.423 bits per heavy atom. The van der Waals surface area contributed by atoms with Crippen LogP contribution in [0.25, 0.3) is 248 Å². The molecule has 0 aliphatic rings. The Kier molecular flexibility index (Phi) is 17.4. The second kappa shape index (κ2) is 29.9. The molecular weight excluding hydrogens is 1520 g/mol. The van der Waals surface area contributed by atoms with E-state index in [1.165, 1.54) is 226 Å². The molecule has 0 fully saturated rings. The monoisotopic (exact) mass is 1590 g/mol. The minimum Gasteiger partial charge on any atom is -0.456 e. The van der Waals surface area contributed by atoms with Crippen molar-refractivity contribution < 1.29 is 4.42 Å². The molecule has 0 aliphatic heterocycles. The van der Waals surface area contributed by atoms with Gasteiger partial charge >= 0.3 is 0 Å². The summed E-state index contributed by atoms with van der Waals surface area (Å²) in [5.74, 6) is 0. The highest BCUT2D eigenvalue weighted by Gasteiger charge is 2.24. The van der Waals surface area contributed by atoms with Crippen molar-refractivity contribution in [1.82, 2.24) is 0 Å². The van der Waals surface area contributed by atoms with Crippen LogP contribution in [-0.4, -0.2) is 0 Å². The van der Waals surface area contributed by atoms with Crippen LogP contribution in [0.1, 0.15) is 0 Å². The maximum atomic E-state index is 6.44. The maximum Gasteiger partial charge on any atom is 0.136 e. The lowest BCUT2D eigenvalue weighted by molar-refractivity contribution is 0.669. The number of thiophene rings is 2. The van der Waals surface area contributed by atoms with Crippen LogP contribution in [0.2, 0.25) is 0 Å². The van der Waals surface area contributed by atoms with Crippen LogP contribution in [0.5, 0.6) is 0 Å². The first kappa shape index (κ1) is 71.7. The molecule has 0 radical (unpaired) electrons. The molecule has 0 atom stereocenters. The van der Waals surface area contributed by atoms with Gasteiger partial charge in [0.2, 0.25) is 0 Å². The van der Waals surface area contributed by atoms with E-state index in [2.05, 4.69) is 449 Å². The Morgan fingerprint density at radius 3 is 0.878 bits per heavy atom. The number of hydrogen-bond acceptors (Lipinski definition) is 3. The lowest BCUT2D eigenvalue weighted by atomic mass is 9.85. The van der Waals surface area contributed by atoms with E-state index < -0.39 is 0 Å². The second-order valence-electron chi connectivity index (χ2n) is 32.2. The molecule has 3 heteroatoms. The molecule has 0 aliphatic carbocycles. The van der Waals surface area contributed by atoms with Crippen LogP contribution in [0.15, 0.2) is 453 Å². The number of furan rings is 1. The van der Waals surface area contributed by atoms with Gasteiger partial charge in [0.15, 0.2) is 0 Å². The first-order chi connectivity index (χ1) is 61.0. The molecule has 0 N–H and O–H groups in total. The summed E-state index contributed by atoms with van der Waals surface area (Å²) in [4.78, 5) is 0. The van der Waals surface area contributed by atoms with Crippen LogP contribution >= 0.6 is 22.7 Å². The highest BCUT2D eigenvalue weighted by Crippen LogP contribution is 2.52. The van der Waals surface area contributed by atoms with E-state index in [0.29, 0.717) is 0 Å². The Bertz CT molecular complexity index is 8590. The maximum absolute atomic E-state index is 6.44. The third-order valence-corrected chi connectivity index (χ3v) is 27.8. The summed E-state index contributed by atoms with van der Waals surface area (Å²) in [5.41, 5.74) is 22.1. The van der Waals surface area contributed by atoms with Gasteiger partial charge < -0.3 is 4.42 Å². The highest BCUT2D eigenvalue weighted by molar-refractivity contribution is 7.26. The van der Waals surface area contributed by atoms with Crippen molar-refractivity contribution in [3.63, 3.8) is 0 Å². The fraction of sp³-hybridized carbons (Fsp3) is 0. The molecule has 1 nitrogen and oxygen atoms in total. The van der Waals surface area contributed by atoms with Gasteiger partial charge in [-0.25, -0.2) is 0 Å². The fourth-order valence-electron chi connectivity index (χ4n) is 19.7. The summed E-state index contributed by atoms with van der Waals surface area (Å²) in [6.45, 7) is 0. The van der Waals surface area contributed by atoms with E-state index in [1.54, 1.807) is 0 Å². The third kappa shape index (κ3) is 12.3. The summed E-state index contributed by atoms with van der Waals surface area (Å²) in [5, 5.41) is 30.5. The fourth-order valence-corrected chi connectivity index (χ4v) is 22.2. The van der Waals surface area contributed by atoms with Crippen molar-refractivity contribution in [3.05, 3.63) is 449 Å². The summed E-state index contributed by atoms with van der Waals surface area (Å²) in [6, 6.07) is 164. The van der Waals surface area contributed by atoms with Crippen LogP contribution in [0.4, 0.5) is 0 Å². The molecule has 0 saturated carbocycles. The van der Waals surface area contributed by atoms with Gasteiger partial charge in [-0.2, -0.15) is 0 Å². The SMILES string of the molecule is c1cc(-c2ccc3ccccc3c2)cc(-c2c3ccccc3c(-c3cccc4c3sc3ccccc34)c3ccccc23)c1.c1ccc(-c2c3ccccc3c(-c3ccc4c(c3)oc3cc5ccccc5cc34)c3ccccc23)cc1.c1ccc2cc(-c3ccc(-c4c5ccccc5c(-c5cccc6c5sc5ccccc56)c5ccccc45)cc3)ccc2c1.